The second-order valence-corrected chi connectivity index (χ2v) is 10.1. The zero-order valence-corrected chi connectivity index (χ0v) is 20.5. The summed E-state index contributed by atoms with van der Waals surface area (Å²) in [5.74, 6) is -0.469. The lowest BCUT2D eigenvalue weighted by molar-refractivity contribution is -0.136. The van der Waals surface area contributed by atoms with Gasteiger partial charge >= 0.3 is 0 Å². The van der Waals surface area contributed by atoms with E-state index in [1.54, 1.807) is 19.1 Å². The maximum absolute atomic E-state index is 14.4. The lowest BCUT2D eigenvalue weighted by Crippen LogP contribution is -2.52. The third-order valence-corrected chi connectivity index (χ3v) is 7.38. The van der Waals surface area contributed by atoms with Crippen molar-refractivity contribution in [2.24, 2.45) is 0 Å². The number of hydrogen-bond donors (Lipinski definition) is 1. The molecule has 1 N–H and O–H groups in total. The number of amides is 3. The first kappa shape index (κ1) is 23.5. The van der Waals surface area contributed by atoms with E-state index in [2.05, 4.69) is 15.2 Å². The van der Waals surface area contributed by atoms with Crippen LogP contribution >= 0.6 is 0 Å². The van der Waals surface area contributed by atoms with Crippen LogP contribution in [0.3, 0.4) is 0 Å². The number of ether oxygens (including phenoxy) is 1. The van der Waals surface area contributed by atoms with Crippen LogP contribution in [-0.4, -0.2) is 57.7 Å². The smallest absolute Gasteiger partial charge is 0.255 e. The molecule has 2 aromatic carbocycles. The molecule has 0 aliphatic carbocycles. The van der Waals surface area contributed by atoms with E-state index in [-0.39, 0.29) is 30.2 Å². The predicted octanol–water partition coefficient (Wildman–Crippen LogP) is 3.10. The van der Waals surface area contributed by atoms with Gasteiger partial charge in [0.1, 0.15) is 23.7 Å². The van der Waals surface area contributed by atoms with Crippen LogP contribution in [0.5, 0.6) is 5.75 Å². The first-order valence-electron chi connectivity index (χ1n) is 12.6. The van der Waals surface area contributed by atoms with Gasteiger partial charge in [0.05, 0.1) is 5.52 Å². The molecule has 8 nitrogen and oxygen atoms in total. The van der Waals surface area contributed by atoms with Crippen LogP contribution in [-0.2, 0) is 22.7 Å². The number of pyridine rings is 1. The molecule has 0 spiro atoms. The number of aromatic nitrogens is 1. The predicted molar refractivity (Wildman–Crippen MR) is 133 cm³/mol. The van der Waals surface area contributed by atoms with Crippen molar-refractivity contribution in [3.63, 3.8) is 0 Å². The van der Waals surface area contributed by atoms with E-state index in [1.807, 2.05) is 24.3 Å². The van der Waals surface area contributed by atoms with Gasteiger partial charge in [0.15, 0.2) is 0 Å². The molecule has 2 saturated heterocycles. The Morgan fingerprint density at radius 1 is 1.11 bits per heavy atom. The summed E-state index contributed by atoms with van der Waals surface area (Å²) in [7, 11) is 0. The summed E-state index contributed by atoms with van der Waals surface area (Å²) in [6, 6.07) is 12.0. The van der Waals surface area contributed by atoms with Gasteiger partial charge in [0, 0.05) is 49.2 Å². The van der Waals surface area contributed by atoms with Crippen LogP contribution in [0.4, 0.5) is 4.39 Å². The Labute approximate surface area is 213 Å². The molecule has 4 heterocycles. The molecule has 3 aliphatic rings. The number of nitrogens with zero attached hydrogens (tertiary/aromatic N) is 3. The van der Waals surface area contributed by atoms with Gasteiger partial charge in [-0.3, -0.25) is 29.6 Å². The highest BCUT2D eigenvalue weighted by molar-refractivity contribution is 6.05. The van der Waals surface area contributed by atoms with Gasteiger partial charge in [0.2, 0.25) is 11.8 Å². The zero-order valence-electron chi connectivity index (χ0n) is 20.5. The molecular weight excluding hydrogens is 475 g/mol. The van der Waals surface area contributed by atoms with Crippen LogP contribution < -0.4 is 10.1 Å². The van der Waals surface area contributed by atoms with Crippen LogP contribution in [0.2, 0.25) is 0 Å². The van der Waals surface area contributed by atoms with Gasteiger partial charge in [-0.05, 0) is 67.3 Å². The molecule has 37 heavy (non-hydrogen) atoms. The van der Waals surface area contributed by atoms with Gasteiger partial charge in [0.25, 0.3) is 5.91 Å². The third-order valence-electron chi connectivity index (χ3n) is 7.38. The second kappa shape index (κ2) is 9.23. The lowest BCUT2D eigenvalue weighted by atomic mass is 10.0. The fraction of sp³-hybridized carbons (Fsp3) is 0.357. The highest BCUT2D eigenvalue weighted by Gasteiger charge is 2.39. The molecule has 2 fully saturated rings. The topological polar surface area (TPSA) is 91.8 Å². The van der Waals surface area contributed by atoms with E-state index >= 15 is 0 Å². The lowest BCUT2D eigenvalue weighted by Gasteiger charge is -2.29. The summed E-state index contributed by atoms with van der Waals surface area (Å²) >= 11 is 0. The van der Waals surface area contributed by atoms with Crippen molar-refractivity contribution in [2.75, 3.05) is 13.1 Å². The van der Waals surface area contributed by atoms with E-state index < -0.39 is 11.9 Å². The van der Waals surface area contributed by atoms with Crippen molar-refractivity contribution in [1.82, 2.24) is 20.1 Å². The van der Waals surface area contributed by atoms with Gasteiger partial charge in [-0.15, -0.1) is 0 Å². The second-order valence-electron chi connectivity index (χ2n) is 10.1. The fourth-order valence-electron chi connectivity index (χ4n) is 5.57. The van der Waals surface area contributed by atoms with E-state index in [1.165, 1.54) is 11.0 Å². The number of fused-ring (bicyclic) bond motifs is 2. The van der Waals surface area contributed by atoms with Crippen molar-refractivity contribution in [3.05, 3.63) is 70.7 Å². The highest BCUT2D eigenvalue weighted by atomic mass is 19.1. The number of carbonyl (C=O) groups excluding carboxylic acids is 3. The van der Waals surface area contributed by atoms with Gasteiger partial charge < -0.3 is 9.64 Å². The summed E-state index contributed by atoms with van der Waals surface area (Å²) in [6.45, 7) is 4.41. The van der Waals surface area contributed by atoms with E-state index in [4.69, 9.17) is 4.74 Å². The molecule has 190 valence electrons. The maximum Gasteiger partial charge on any atom is 0.255 e. The number of likely N-dealkylation sites (tertiary alicyclic amines) is 1. The number of carbonyl (C=O) groups is 3. The normalized spacial score (nSPS) is 22.0. The SMILES string of the molecule is Cc1cc(F)c2cc(CN3CC[C@H](Oc4ccc5c(c4)CN(C4CCC(=O)NC4=O)C5=O)C3)ccc2n1. The van der Waals surface area contributed by atoms with Crippen LogP contribution in [0.1, 0.15) is 46.4 Å². The Hall–Kier alpha value is -3.85. The average molecular weight is 503 g/mol. The van der Waals surface area contributed by atoms with E-state index in [0.717, 1.165) is 30.6 Å². The number of nitrogens with one attached hydrogen (secondary N) is 1. The minimum Gasteiger partial charge on any atom is -0.489 e. The number of benzene rings is 2. The van der Waals surface area contributed by atoms with Crippen LogP contribution in [0, 0.1) is 12.7 Å². The van der Waals surface area contributed by atoms with Crippen LogP contribution in [0.15, 0.2) is 42.5 Å². The number of aryl methyl sites for hydroxylation is 1. The Balaban J connectivity index is 1.09. The Bertz CT molecular complexity index is 1440. The Morgan fingerprint density at radius 3 is 2.81 bits per heavy atom. The zero-order chi connectivity index (χ0) is 25.7. The van der Waals surface area contributed by atoms with Crippen molar-refractivity contribution in [3.8, 4) is 5.75 Å². The molecule has 3 aromatic rings. The first-order chi connectivity index (χ1) is 17.8. The molecule has 1 aromatic heterocycles. The average Bonchev–Trinajstić information content (AvgIpc) is 3.43. The quantitative estimate of drug-likeness (QED) is 0.539. The van der Waals surface area contributed by atoms with Crippen LogP contribution in [0.25, 0.3) is 10.9 Å². The molecule has 0 radical (unpaired) electrons. The monoisotopic (exact) mass is 502 g/mol. The van der Waals surface area contributed by atoms with Crippen molar-refractivity contribution < 1.29 is 23.5 Å². The minimum absolute atomic E-state index is 0.00269. The summed E-state index contributed by atoms with van der Waals surface area (Å²) in [5, 5.41) is 2.86. The number of rotatable bonds is 5. The van der Waals surface area contributed by atoms with Crippen molar-refractivity contribution >= 4 is 28.6 Å². The van der Waals surface area contributed by atoms with Crippen molar-refractivity contribution in [1.29, 1.82) is 0 Å². The maximum atomic E-state index is 14.4. The van der Waals surface area contributed by atoms with E-state index in [0.29, 0.717) is 47.4 Å². The fourth-order valence-corrected chi connectivity index (χ4v) is 5.57. The summed E-state index contributed by atoms with van der Waals surface area (Å²) in [5.41, 5.74) is 3.75. The molecule has 6 rings (SSSR count). The molecule has 1 unspecified atom stereocenters. The molecule has 9 heteroatoms. The number of piperidine rings is 1. The third kappa shape index (κ3) is 4.55. The standard InChI is InChI=1S/C28H27FN4O4/c1-16-10-23(29)22-11-17(2-5-24(22)30-16)13-32-9-8-20(15-32)37-19-3-4-21-18(12-19)14-33(28(21)36)25-6-7-26(34)31-27(25)35/h2-5,10-12,20,25H,6-9,13-15H2,1H3,(H,31,34,35)/t20-,25?/m0/s1. The highest BCUT2D eigenvalue weighted by Crippen LogP contribution is 2.31. The molecule has 0 bridgehead atoms. The van der Waals surface area contributed by atoms with Gasteiger partial charge in [-0.25, -0.2) is 4.39 Å². The molecular formula is C28H27FN4O4. The molecule has 2 atom stereocenters. The van der Waals surface area contributed by atoms with Gasteiger partial charge in [-0.2, -0.15) is 0 Å². The Morgan fingerprint density at radius 2 is 1.97 bits per heavy atom. The summed E-state index contributed by atoms with van der Waals surface area (Å²) in [4.78, 5) is 44.9. The summed E-state index contributed by atoms with van der Waals surface area (Å²) < 4.78 is 20.7. The molecule has 3 amide bonds. The first-order valence-corrected chi connectivity index (χ1v) is 12.6. The number of halogens is 1. The van der Waals surface area contributed by atoms with Gasteiger partial charge in [-0.1, -0.05) is 6.07 Å². The largest absolute Gasteiger partial charge is 0.489 e. The molecule has 3 aliphatic heterocycles. The van der Waals surface area contributed by atoms with Crippen molar-refractivity contribution in [2.45, 2.75) is 51.4 Å². The Kier molecular flexibility index (Phi) is 5.87. The van der Waals surface area contributed by atoms with E-state index in [9.17, 15) is 18.8 Å². The summed E-state index contributed by atoms with van der Waals surface area (Å²) in [6.07, 6.45) is 1.43. The number of hydrogen-bond acceptors (Lipinski definition) is 6. The number of imide groups is 1. The minimum atomic E-state index is -0.631. The molecule has 0 saturated carbocycles.